The number of rotatable bonds is 4. The lowest BCUT2D eigenvalue weighted by molar-refractivity contribution is 0.0938. The van der Waals surface area contributed by atoms with Crippen LogP contribution in [0, 0.1) is 0 Å². The minimum Gasteiger partial charge on any atom is -0.408 e. The number of benzene rings is 2. The number of hydrogen-bond acceptors (Lipinski definition) is 3. The number of amides is 1. The molecule has 5 heteroatoms. The van der Waals surface area contributed by atoms with Gasteiger partial charge in [0.25, 0.3) is 5.91 Å². The Morgan fingerprint density at radius 2 is 1.88 bits per heavy atom. The van der Waals surface area contributed by atoms with E-state index in [-0.39, 0.29) is 11.9 Å². The molecule has 1 heterocycles. The number of nitrogens with zero attached hydrogens (tertiary/aromatic N) is 1. The lowest BCUT2D eigenvalue weighted by Crippen LogP contribution is -2.32. The van der Waals surface area contributed by atoms with Gasteiger partial charge in [-0.2, -0.15) is 0 Å². The van der Waals surface area contributed by atoms with E-state index in [2.05, 4.69) is 5.32 Å². The number of oxazole rings is 1. The van der Waals surface area contributed by atoms with E-state index in [4.69, 9.17) is 4.42 Å². The Kier molecular flexibility index (Phi) is 4.14. The van der Waals surface area contributed by atoms with Crippen LogP contribution in [0.5, 0.6) is 0 Å². The molecule has 1 aliphatic rings. The summed E-state index contributed by atoms with van der Waals surface area (Å²) in [5.74, 6) is -0.499. The van der Waals surface area contributed by atoms with Gasteiger partial charge in [-0.25, -0.2) is 4.79 Å². The predicted molar refractivity (Wildman–Crippen MR) is 95.7 cm³/mol. The van der Waals surface area contributed by atoms with E-state index >= 15 is 0 Å². The van der Waals surface area contributed by atoms with Gasteiger partial charge in [0.1, 0.15) is 0 Å². The van der Waals surface area contributed by atoms with E-state index in [1.807, 2.05) is 30.3 Å². The van der Waals surface area contributed by atoms with Gasteiger partial charge in [0.2, 0.25) is 0 Å². The van der Waals surface area contributed by atoms with Gasteiger partial charge in [0, 0.05) is 11.6 Å². The molecule has 0 aliphatic heterocycles. The molecule has 25 heavy (non-hydrogen) atoms. The number of hydrogen-bond donors (Lipinski definition) is 1. The van der Waals surface area contributed by atoms with Crippen molar-refractivity contribution >= 4 is 17.0 Å². The van der Waals surface area contributed by atoms with Crippen LogP contribution in [0.15, 0.2) is 57.7 Å². The monoisotopic (exact) mass is 336 g/mol. The summed E-state index contributed by atoms with van der Waals surface area (Å²) in [6.07, 6.45) is 4.42. The summed E-state index contributed by atoms with van der Waals surface area (Å²) in [6, 6.07) is 15.1. The molecule has 0 saturated heterocycles. The Hall–Kier alpha value is -2.82. The summed E-state index contributed by atoms with van der Waals surface area (Å²) in [4.78, 5) is 24.7. The van der Waals surface area contributed by atoms with Crippen LogP contribution in [0.4, 0.5) is 0 Å². The highest BCUT2D eigenvalue weighted by atomic mass is 16.4. The number of aromatic nitrogens is 1. The van der Waals surface area contributed by atoms with Gasteiger partial charge in [0.05, 0.1) is 12.1 Å². The molecule has 0 spiro atoms. The summed E-state index contributed by atoms with van der Waals surface area (Å²) in [5, 5.41) is 3.08. The molecule has 1 amide bonds. The largest absolute Gasteiger partial charge is 0.420 e. The molecule has 0 radical (unpaired) electrons. The van der Waals surface area contributed by atoms with Crippen molar-refractivity contribution in [3.8, 4) is 0 Å². The molecular weight excluding hydrogens is 316 g/mol. The smallest absolute Gasteiger partial charge is 0.408 e. The number of nitrogens with one attached hydrogen (secondary N) is 1. The standard InChI is InChI=1S/C20H20N2O3/c23-19(21-16-8-4-5-9-16)15-10-11-18-17(12-15)22(20(24)25-18)13-14-6-2-1-3-7-14/h1-3,6-7,10-12,16H,4-5,8-9,13H2,(H,21,23). The van der Waals surface area contributed by atoms with Crippen LogP contribution in [0.1, 0.15) is 41.6 Å². The molecule has 0 bridgehead atoms. The molecule has 1 aliphatic carbocycles. The number of carbonyl (C=O) groups excluding carboxylic acids is 1. The Labute approximate surface area is 145 Å². The Bertz CT molecular complexity index is 950. The van der Waals surface area contributed by atoms with Crippen LogP contribution >= 0.6 is 0 Å². The molecule has 1 fully saturated rings. The maximum Gasteiger partial charge on any atom is 0.420 e. The Morgan fingerprint density at radius 3 is 2.64 bits per heavy atom. The average molecular weight is 336 g/mol. The van der Waals surface area contributed by atoms with E-state index in [0.717, 1.165) is 18.4 Å². The van der Waals surface area contributed by atoms with Crippen molar-refractivity contribution in [2.45, 2.75) is 38.3 Å². The van der Waals surface area contributed by atoms with Gasteiger partial charge in [-0.15, -0.1) is 0 Å². The highest BCUT2D eigenvalue weighted by Crippen LogP contribution is 2.20. The van der Waals surface area contributed by atoms with E-state index in [1.54, 1.807) is 22.8 Å². The minimum atomic E-state index is -0.410. The van der Waals surface area contributed by atoms with Crippen LogP contribution in [-0.2, 0) is 6.54 Å². The summed E-state index contributed by atoms with van der Waals surface area (Å²) < 4.78 is 6.88. The zero-order chi connectivity index (χ0) is 17.2. The van der Waals surface area contributed by atoms with E-state index < -0.39 is 5.76 Å². The van der Waals surface area contributed by atoms with E-state index in [9.17, 15) is 9.59 Å². The molecule has 128 valence electrons. The maximum absolute atomic E-state index is 12.5. The first-order chi connectivity index (χ1) is 12.2. The summed E-state index contributed by atoms with van der Waals surface area (Å²) in [5.41, 5.74) is 2.71. The second kappa shape index (κ2) is 6.59. The fourth-order valence-corrected chi connectivity index (χ4v) is 3.46. The molecular formula is C20H20N2O3. The molecule has 2 aromatic carbocycles. The van der Waals surface area contributed by atoms with E-state index in [0.29, 0.717) is 23.2 Å². The van der Waals surface area contributed by atoms with Gasteiger partial charge in [-0.1, -0.05) is 43.2 Å². The molecule has 0 unspecified atom stereocenters. The van der Waals surface area contributed by atoms with Crippen LogP contribution in [-0.4, -0.2) is 16.5 Å². The van der Waals surface area contributed by atoms with Gasteiger partial charge < -0.3 is 9.73 Å². The summed E-state index contributed by atoms with van der Waals surface area (Å²) in [6.45, 7) is 0.417. The number of fused-ring (bicyclic) bond motifs is 1. The maximum atomic E-state index is 12.5. The van der Waals surface area contributed by atoms with Crippen LogP contribution in [0.3, 0.4) is 0 Å². The Morgan fingerprint density at radius 1 is 1.12 bits per heavy atom. The van der Waals surface area contributed by atoms with Crippen LogP contribution in [0.2, 0.25) is 0 Å². The topological polar surface area (TPSA) is 64.2 Å². The summed E-state index contributed by atoms with van der Waals surface area (Å²) in [7, 11) is 0. The third-order valence-corrected chi connectivity index (χ3v) is 4.80. The predicted octanol–water partition coefficient (Wildman–Crippen LogP) is 3.32. The fourth-order valence-electron chi connectivity index (χ4n) is 3.46. The van der Waals surface area contributed by atoms with Crippen LogP contribution in [0.25, 0.3) is 11.1 Å². The van der Waals surface area contributed by atoms with Crippen molar-refractivity contribution < 1.29 is 9.21 Å². The van der Waals surface area contributed by atoms with Crippen molar-refractivity contribution in [3.63, 3.8) is 0 Å². The molecule has 1 saturated carbocycles. The summed E-state index contributed by atoms with van der Waals surface area (Å²) >= 11 is 0. The second-order valence-corrected chi connectivity index (χ2v) is 6.58. The molecule has 0 atom stereocenters. The zero-order valence-electron chi connectivity index (χ0n) is 13.9. The highest BCUT2D eigenvalue weighted by Gasteiger charge is 2.19. The first-order valence-corrected chi connectivity index (χ1v) is 8.69. The van der Waals surface area contributed by atoms with Crippen molar-refractivity contribution in [1.82, 2.24) is 9.88 Å². The molecule has 1 N–H and O–H groups in total. The van der Waals surface area contributed by atoms with Crippen molar-refractivity contribution in [3.05, 3.63) is 70.2 Å². The first-order valence-electron chi connectivity index (χ1n) is 8.69. The molecule has 1 aromatic heterocycles. The highest BCUT2D eigenvalue weighted by molar-refractivity contribution is 5.97. The van der Waals surface area contributed by atoms with Crippen molar-refractivity contribution in [2.75, 3.05) is 0 Å². The van der Waals surface area contributed by atoms with Crippen molar-refractivity contribution in [2.24, 2.45) is 0 Å². The molecule has 5 nitrogen and oxygen atoms in total. The van der Waals surface area contributed by atoms with Gasteiger partial charge in [0.15, 0.2) is 5.58 Å². The van der Waals surface area contributed by atoms with Gasteiger partial charge >= 0.3 is 5.76 Å². The normalized spacial score (nSPS) is 14.9. The third kappa shape index (κ3) is 3.22. The minimum absolute atomic E-state index is 0.0892. The average Bonchev–Trinajstić information content (AvgIpc) is 3.24. The van der Waals surface area contributed by atoms with E-state index in [1.165, 1.54) is 12.8 Å². The lowest BCUT2D eigenvalue weighted by atomic mass is 10.1. The quantitative estimate of drug-likeness (QED) is 0.795. The zero-order valence-corrected chi connectivity index (χ0v) is 13.9. The van der Waals surface area contributed by atoms with Crippen LogP contribution < -0.4 is 11.1 Å². The second-order valence-electron chi connectivity index (χ2n) is 6.58. The lowest BCUT2D eigenvalue weighted by Gasteiger charge is -2.12. The molecule has 3 aromatic rings. The van der Waals surface area contributed by atoms with Gasteiger partial charge in [-0.3, -0.25) is 9.36 Å². The van der Waals surface area contributed by atoms with Gasteiger partial charge in [-0.05, 0) is 36.6 Å². The Balaban J connectivity index is 1.65. The number of carbonyl (C=O) groups is 1. The SMILES string of the molecule is O=C(NC1CCCC1)c1ccc2oc(=O)n(Cc3ccccc3)c2c1. The first kappa shape index (κ1) is 15.7. The third-order valence-electron chi connectivity index (χ3n) is 4.80. The molecule has 4 rings (SSSR count). The van der Waals surface area contributed by atoms with Crippen molar-refractivity contribution in [1.29, 1.82) is 0 Å². The fraction of sp³-hybridized carbons (Fsp3) is 0.300.